The van der Waals surface area contributed by atoms with Crippen molar-refractivity contribution >= 4 is 15.6 Å². The number of hydrogen-bond acceptors (Lipinski definition) is 6. The Hall–Kier alpha value is -3.04. The first-order valence-electron chi connectivity index (χ1n) is 8.53. The third kappa shape index (κ3) is 4.10. The van der Waals surface area contributed by atoms with Crippen LogP contribution in [0.4, 0.5) is 0 Å². The smallest absolute Gasteiger partial charge is 0.238 e. The summed E-state index contributed by atoms with van der Waals surface area (Å²) in [4.78, 5) is 1.38. The second-order valence-corrected chi connectivity index (χ2v) is 7.72. The zero-order valence-electron chi connectivity index (χ0n) is 15.8. The summed E-state index contributed by atoms with van der Waals surface area (Å²) in [5.41, 5.74) is 2.88. The van der Waals surface area contributed by atoms with E-state index in [4.69, 9.17) is 9.88 Å². The molecule has 1 heterocycles. The molecule has 0 spiro atoms. The topological polar surface area (TPSA) is 113 Å². The predicted molar refractivity (Wildman–Crippen MR) is 106 cm³/mol. The van der Waals surface area contributed by atoms with E-state index < -0.39 is 10.0 Å². The number of nitrogens with zero attached hydrogens (tertiary/aromatic N) is 4. The van der Waals surface area contributed by atoms with E-state index in [1.54, 1.807) is 13.2 Å². The van der Waals surface area contributed by atoms with Gasteiger partial charge in [-0.3, -0.25) is 0 Å². The summed E-state index contributed by atoms with van der Waals surface area (Å²) in [5.74, 6) is 0.957. The van der Waals surface area contributed by atoms with Crippen LogP contribution >= 0.6 is 0 Å². The molecule has 0 aliphatic rings. The van der Waals surface area contributed by atoms with Crippen molar-refractivity contribution < 1.29 is 13.2 Å². The van der Waals surface area contributed by atoms with Crippen molar-refractivity contribution in [2.75, 3.05) is 7.11 Å². The van der Waals surface area contributed by atoms with E-state index in [-0.39, 0.29) is 10.7 Å². The molecule has 3 rings (SSSR count). The summed E-state index contributed by atoms with van der Waals surface area (Å²) >= 11 is 0. The first-order valence-corrected chi connectivity index (χ1v) is 10.1. The number of nitrogens with two attached hydrogens (primary N) is 1. The number of sulfonamides is 1. The molecule has 1 aromatic heterocycles. The lowest BCUT2D eigenvalue weighted by molar-refractivity contribution is 0.414. The van der Waals surface area contributed by atoms with Gasteiger partial charge in [0, 0.05) is 0 Å². The molecule has 0 aliphatic carbocycles. The molecule has 0 atom stereocenters. The van der Waals surface area contributed by atoms with Crippen molar-refractivity contribution in [1.82, 2.24) is 20.2 Å². The van der Waals surface area contributed by atoms with E-state index in [2.05, 4.69) is 15.4 Å². The van der Waals surface area contributed by atoms with Gasteiger partial charge >= 0.3 is 0 Å². The number of aromatic nitrogens is 4. The average molecular weight is 399 g/mol. The van der Waals surface area contributed by atoms with Gasteiger partial charge in [0.1, 0.15) is 5.75 Å². The number of benzene rings is 2. The summed E-state index contributed by atoms with van der Waals surface area (Å²) in [6, 6.07) is 12.4. The van der Waals surface area contributed by atoms with Crippen molar-refractivity contribution in [2.45, 2.75) is 25.3 Å². The first kappa shape index (κ1) is 19.7. The summed E-state index contributed by atoms with van der Waals surface area (Å²) < 4.78 is 29.4. The number of ether oxygens (including phenoxy) is 1. The van der Waals surface area contributed by atoms with Crippen molar-refractivity contribution in [2.24, 2.45) is 5.14 Å². The number of tetrazole rings is 1. The second-order valence-electron chi connectivity index (χ2n) is 6.19. The van der Waals surface area contributed by atoms with Gasteiger partial charge in [0.2, 0.25) is 15.8 Å². The van der Waals surface area contributed by atoms with Crippen LogP contribution in [0.25, 0.3) is 17.0 Å². The number of allylic oxidation sites excluding steroid dienone is 2. The highest BCUT2D eigenvalue weighted by Gasteiger charge is 2.22. The minimum Gasteiger partial charge on any atom is -0.497 e. The molecule has 2 aromatic carbocycles. The van der Waals surface area contributed by atoms with Crippen LogP contribution in [0.15, 0.2) is 53.4 Å². The van der Waals surface area contributed by atoms with Gasteiger partial charge in [-0.2, -0.15) is 4.80 Å². The number of hydrogen-bond donors (Lipinski definition) is 1. The van der Waals surface area contributed by atoms with Gasteiger partial charge < -0.3 is 4.74 Å². The average Bonchev–Trinajstić information content (AvgIpc) is 3.14. The van der Waals surface area contributed by atoms with Gasteiger partial charge in [-0.15, -0.1) is 10.2 Å². The number of primary sulfonamides is 1. The molecule has 8 nitrogen and oxygen atoms in total. The Labute approximate surface area is 163 Å². The molecule has 0 fully saturated rings. The van der Waals surface area contributed by atoms with Gasteiger partial charge in [0.25, 0.3) is 0 Å². The van der Waals surface area contributed by atoms with E-state index in [9.17, 15) is 8.42 Å². The highest BCUT2D eigenvalue weighted by atomic mass is 32.2. The van der Waals surface area contributed by atoms with Crippen LogP contribution in [0.5, 0.6) is 5.75 Å². The zero-order valence-corrected chi connectivity index (χ0v) is 16.6. The van der Waals surface area contributed by atoms with Gasteiger partial charge in [-0.1, -0.05) is 30.3 Å². The van der Waals surface area contributed by atoms with Crippen molar-refractivity contribution in [1.29, 1.82) is 0 Å². The molecule has 0 radical (unpaired) electrons. The van der Waals surface area contributed by atoms with Crippen LogP contribution < -0.4 is 9.88 Å². The zero-order chi connectivity index (χ0) is 20.3. The third-order valence-corrected chi connectivity index (χ3v) is 5.30. The van der Waals surface area contributed by atoms with E-state index >= 15 is 0 Å². The van der Waals surface area contributed by atoms with Crippen LogP contribution in [0.3, 0.4) is 0 Å². The lowest BCUT2D eigenvalue weighted by Gasteiger charge is -2.11. The largest absolute Gasteiger partial charge is 0.497 e. The molecule has 0 saturated carbocycles. The fraction of sp³-hybridized carbons (Fsp3) is 0.211. The molecular formula is C19H21N5O3S. The minimum absolute atomic E-state index is 0.0322. The normalized spacial score (nSPS) is 12.2. The molecule has 0 bridgehead atoms. The standard InChI is InChI=1S/C19H21N5O3S/c1-4-13(2)16-6-5-7-17(28(20,25)26)18(16)19-21-23-24(22-19)12-14-8-10-15(27-3)11-9-14/h4-11H,12H2,1-3H3,(H2,20,25,26). The fourth-order valence-electron chi connectivity index (χ4n) is 2.79. The molecule has 0 amide bonds. The highest BCUT2D eigenvalue weighted by Crippen LogP contribution is 2.32. The van der Waals surface area contributed by atoms with Gasteiger partial charge in [-0.25, -0.2) is 13.6 Å². The van der Waals surface area contributed by atoms with Crippen molar-refractivity contribution in [3.05, 3.63) is 59.7 Å². The minimum atomic E-state index is -3.96. The van der Waals surface area contributed by atoms with Crippen LogP contribution in [0, 0.1) is 0 Å². The maximum absolute atomic E-state index is 12.1. The first-order chi connectivity index (χ1) is 13.3. The molecule has 146 valence electrons. The Kier molecular flexibility index (Phi) is 5.57. The maximum Gasteiger partial charge on any atom is 0.238 e. The lowest BCUT2D eigenvalue weighted by Crippen LogP contribution is -2.14. The summed E-state index contributed by atoms with van der Waals surface area (Å²) in [6.45, 7) is 4.14. The Bertz CT molecular complexity index is 1120. The Balaban J connectivity index is 2.04. The van der Waals surface area contributed by atoms with Gasteiger partial charge in [0.05, 0.1) is 24.1 Å². The van der Waals surface area contributed by atoms with E-state index in [0.29, 0.717) is 17.7 Å². The molecule has 9 heteroatoms. The molecule has 3 aromatic rings. The van der Waals surface area contributed by atoms with E-state index in [1.165, 1.54) is 10.9 Å². The quantitative estimate of drug-likeness (QED) is 0.681. The fourth-order valence-corrected chi connectivity index (χ4v) is 3.54. The molecule has 28 heavy (non-hydrogen) atoms. The third-order valence-electron chi connectivity index (χ3n) is 4.35. The summed E-state index contributed by atoms with van der Waals surface area (Å²) in [5, 5.41) is 18.0. The monoisotopic (exact) mass is 399 g/mol. The van der Waals surface area contributed by atoms with Crippen LogP contribution in [-0.2, 0) is 16.6 Å². The number of methoxy groups -OCH3 is 1. The SMILES string of the molecule is CC=C(C)c1cccc(S(N)(=O)=O)c1-c1nnn(Cc2ccc(OC)cc2)n1. The molecule has 0 aliphatic heterocycles. The van der Waals surface area contributed by atoms with Gasteiger partial charge in [0.15, 0.2) is 0 Å². The maximum atomic E-state index is 12.1. The number of rotatable bonds is 6. The molecule has 2 N–H and O–H groups in total. The Morgan fingerprint density at radius 1 is 1.21 bits per heavy atom. The second kappa shape index (κ2) is 7.91. The Morgan fingerprint density at radius 3 is 2.54 bits per heavy atom. The molecular weight excluding hydrogens is 378 g/mol. The highest BCUT2D eigenvalue weighted by molar-refractivity contribution is 7.89. The Morgan fingerprint density at radius 2 is 1.93 bits per heavy atom. The van der Waals surface area contributed by atoms with Gasteiger partial charge in [-0.05, 0) is 54.0 Å². The predicted octanol–water partition coefficient (Wildman–Crippen LogP) is 2.47. The van der Waals surface area contributed by atoms with Crippen LogP contribution in [-0.4, -0.2) is 35.7 Å². The van der Waals surface area contributed by atoms with Crippen molar-refractivity contribution in [3.63, 3.8) is 0 Å². The van der Waals surface area contributed by atoms with E-state index in [1.807, 2.05) is 50.3 Å². The van der Waals surface area contributed by atoms with Crippen molar-refractivity contribution in [3.8, 4) is 17.1 Å². The molecule has 0 saturated heterocycles. The van der Waals surface area contributed by atoms with Crippen LogP contribution in [0.2, 0.25) is 0 Å². The molecule has 0 unspecified atom stereocenters. The summed E-state index contributed by atoms with van der Waals surface area (Å²) in [7, 11) is -2.36. The van der Waals surface area contributed by atoms with Crippen LogP contribution in [0.1, 0.15) is 25.0 Å². The summed E-state index contributed by atoms with van der Waals surface area (Å²) in [6.07, 6.45) is 1.88. The lowest BCUT2D eigenvalue weighted by atomic mass is 10.0. The van der Waals surface area contributed by atoms with E-state index in [0.717, 1.165) is 16.9 Å².